The second-order valence-corrected chi connectivity index (χ2v) is 8.35. The largest absolute Gasteiger partial charge is 0.314 e. The zero-order valence-electron chi connectivity index (χ0n) is 12.4. The summed E-state index contributed by atoms with van der Waals surface area (Å²) in [5, 5.41) is 3.71. The highest BCUT2D eigenvalue weighted by Crippen LogP contribution is 2.32. The topological polar surface area (TPSA) is 15.3 Å². The van der Waals surface area contributed by atoms with E-state index in [9.17, 15) is 0 Å². The Morgan fingerprint density at radius 2 is 2.06 bits per heavy atom. The molecule has 2 fully saturated rings. The van der Waals surface area contributed by atoms with Gasteiger partial charge in [0, 0.05) is 36.2 Å². The van der Waals surface area contributed by atoms with Crippen LogP contribution < -0.4 is 5.32 Å². The van der Waals surface area contributed by atoms with Gasteiger partial charge in [-0.15, -0.1) is 0 Å². The monoisotopic (exact) mass is 270 g/mol. The maximum absolute atomic E-state index is 3.71. The molecule has 1 N–H and O–H groups in total. The van der Waals surface area contributed by atoms with Crippen LogP contribution in [0.25, 0.3) is 0 Å². The molecule has 2 atom stereocenters. The van der Waals surface area contributed by atoms with Gasteiger partial charge in [0.15, 0.2) is 0 Å². The minimum Gasteiger partial charge on any atom is -0.314 e. The van der Waals surface area contributed by atoms with Crippen LogP contribution in [-0.2, 0) is 0 Å². The van der Waals surface area contributed by atoms with E-state index < -0.39 is 0 Å². The van der Waals surface area contributed by atoms with Crippen molar-refractivity contribution < 1.29 is 0 Å². The zero-order chi connectivity index (χ0) is 13.0. The Balaban J connectivity index is 1.86. The molecule has 0 radical (unpaired) electrons. The van der Waals surface area contributed by atoms with Gasteiger partial charge < -0.3 is 10.2 Å². The van der Waals surface area contributed by atoms with E-state index in [-0.39, 0.29) is 0 Å². The Labute approximate surface area is 117 Å². The van der Waals surface area contributed by atoms with E-state index in [1.807, 2.05) is 0 Å². The SMILES string of the molecule is CCNC1CCCCC1CN1CCSC(C)(C)C1. The fourth-order valence-electron chi connectivity index (χ4n) is 3.56. The third-order valence-corrected chi connectivity index (χ3v) is 5.67. The molecule has 1 saturated carbocycles. The van der Waals surface area contributed by atoms with Gasteiger partial charge in [-0.05, 0) is 39.2 Å². The molecule has 2 aliphatic rings. The number of hydrogen-bond acceptors (Lipinski definition) is 3. The normalized spacial score (nSPS) is 33.5. The second kappa shape index (κ2) is 6.62. The molecular formula is C15H30N2S. The van der Waals surface area contributed by atoms with Gasteiger partial charge in [-0.25, -0.2) is 0 Å². The molecule has 18 heavy (non-hydrogen) atoms. The number of rotatable bonds is 4. The van der Waals surface area contributed by atoms with Gasteiger partial charge in [0.1, 0.15) is 0 Å². The fraction of sp³-hybridized carbons (Fsp3) is 1.00. The van der Waals surface area contributed by atoms with Gasteiger partial charge in [0.25, 0.3) is 0 Å². The van der Waals surface area contributed by atoms with Crippen LogP contribution in [0.15, 0.2) is 0 Å². The molecular weight excluding hydrogens is 240 g/mol. The summed E-state index contributed by atoms with van der Waals surface area (Å²) in [6, 6.07) is 0.779. The van der Waals surface area contributed by atoms with Crippen LogP contribution in [0.5, 0.6) is 0 Å². The first kappa shape index (κ1) is 14.7. The van der Waals surface area contributed by atoms with Crippen LogP contribution in [0.1, 0.15) is 46.5 Å². The van der Waals surface area contributed by atoms with Crippen LogP contribution in [0, 0.1) is 5.92 Å². The summed E-state index contributed by atoms with van der Waals surface area (Å²) in [5.41, 5.74) is 0. The average molecular weight is 270 g/mol. The van der Waals surface area contributed by atoms with Crippen molar-refractivity contribution in [2.45, 2.75) is 57.2 Å². The highest BCUT2D eigenvalue weighted by Gasteiger charge is 2.31. The Kier molecular flexibility index (Phi) is 5.40. The highest BCUT2D eigenvalue weighted by atomic mass is 32.2. The van der Waals surface area contributed by atoms with Gasteiger partial charge in [-0.2, -0.15) is 11.8 Å². The maximum Gasteiger partial charge on any atom is 0.0231 e. The molecule has 106 valence electrons. The lowest BCUT2D eigenvalue weighted by Crippen LogP contribution is -2.49. The molecule has 1 heterocycles. The summed E-state index contributed by atoms with van der Waals surface area (Å²) in [4.78, 5) is 2.72. The molecule has 0 aromatic heterocycles. The molecule has 2 unspecified atom stereocenters. The molecule has 1 aliphatic heterocycles. The predicted molar refractivity (Wildman–Crippen MR) is 82.4 cm³/mol. The summed E-state index contributed by atoms with van der Waals surface area (Å²) >= 11 is 2.14. The third kappa shape index (κ3) is 4.14. The molecule has 0 aromatic rings. The third-order valence-electron chi connectivity index (χ3n) is 4.37. The summed E-state index contributed by atoms with van der Waals surface area (Å²) in [6.45, 7) is 12.0. The van der Waals surface area contributed by atoms with Crippen molar-refractivity contribution in [3.8, 4) is 0 Å². The van der Waals surface area contributed by atoms with Gasteiger partial charge in [-0.1, -0.05) is 19.8 Å². The summed E-state index contributed by atoms with van der Waals surface area (Å²) in [5.74, 6) is 2.20. The predicted octanol–water partition coefficient (Wildman–Crippen LogP) is 2.98. The molecule has 1 aliphatic carbocycles. The first-order chi connectivity index (χ1) is 8.61. The summed E-state index contributed by atoms with van der Waals surface area (Å²) < 4.78 is 0.459. The second-order valence-electron chi connectivity index (χ2n) is 6.55. The lowest BCUT2D eigenvalue weighted by Gasteiger charge is -2.41. The van der Waals surface area contributed by atoms with Crippen molar-refractivity contribution in [3.05, 3.63) is 0 Å². The Morgan fingerprint density at radius 1 is 1.28 bits per heavy atom. The van der Waals surface area contributed by atoms with Crippen molar-refractivity contribution in [1.29, 1.82) is 0 Å². The van der Waals surface area contributed by atoms with Crippen LogP contribution >= 0.6 is 11.8 Å². The van der Waals surface area contributed by atoms with Gasteiger partial charge in [0.2, 0.25) is 0 Å². The Bertz CT molecular complexity index is 253. The minimum atomic E-state index is 0.459. The van der Waals surface area contributed by atoms with E-state index in [4.69, 9.17) is 0 Å². The van der Waals surface area contributed by atoms with Gasteiger partial charge >= 0.3 is 0 Å². The zero-order valence-corrected chi connectivity index (χ0v) is 13.2. The standard InChI is InChI=1S/C15H30N2S/c1-4-16-14-8-6-5-7-13(14)11-17-9-10-18-15(2,3)12-17/h13-14,16H,4-12H2,1-3H3. The number of hydrogen-bond donors (Lipinski definition) is 1. The van der Waals surface area contributed by atoms with Crippen LogP contribution in [0.3, 0.4) is 0 Å². The maximum atomic E-state index is 3.71. The molecule has 0 aromatic carbocycles. The molecule has 0 bridgehead atoms. The first-order valence-corrected chi connectivity index (χ1v) is 8.69. The van der Waals surface area contributed by atoms with Gasteiger partial charge in [-0.3, -0.25) is 0 Å². The van der Waals surface area contributed by atoms with Crippen LogP contribution in [-0.4, -0.2) is 47.6 Å². The van der Waals surface area contributed by atoms with Crippen molar-refractivity contribution in [3.63, 3.8) is 0 Å². The van der Waals surface area contributed by atoms with Crippen molar-refractivity contribution in [2.24, 2.45) is 5.92 Å². The van der Waals surface area contributed by atoms with E-state index in [0.717, 1.165) is 18.5 Å². The Morgan fingerprint density at radius 3 is 2.78 bits per heavy atom. The molecule has 0 spiro atoms. The Hall–Kier alpha value is 0.270. The molecule has 0 amide bonds. The van der Waals surface area contributed by atoms with Crippen LogP contribution in [0.2, 0.25) is 0 Å². The summed E-state index contributed by atoms with van der Waals surface area (Å²) in [7, 11) is 0. The van der Waals surface area contributed by atoms with Crippen molar-refractivity contribution in [2.75, 3.05) is 31.9 Å². The van der Waals surface area contributed by atoms with E-state index in [2.05, 4.69) is 42.7 Å². The van der Waals surface area contributed by atoms with E-state index >= 15 is 0 Å². The van der Waals surface area contributed by atoms with Crippen LogP contribution in [0.4, 0.5) is 0 Å². The first-order valence-electron chi connectivity index (χ1n) is 7.70. The molecule has 1 saturated heterocycles. The van der Waals surface area contributed by atoms with Crippen molar-refractivity contribution in [1.82, 2.24) is 10.2 Å². The quantitative estimate of drug-likeness (QED) is 0.845. The minimum absolute atomic E-state index is 0.459. The van der Waals surface area contributed by atoms with Crippen molar-refractivity contribution >= 4 is 11.8 Å². The van der Waals surface area contributed by atoms with E-state index in [1.54, 1.807) is 0 Å². The van der Waals surface area contributed by atoms with E-state index in [1.165, 1.54) is 51.1 Å². The number of nitrogens with one attached hydrogen (secondary N) is 1. The molecule has 2 nitrogen and oxygen atoms in total. The molecule has 3 heteroatoms. The van der Waals surface area contributed by atoms with Gasteiger partial charge in [0.05, 0.1) is 0 Å². The highest BCUT2D eigenvalue weighted by molar-refractivity contribution is 8.00. The summed E-state index contributed by atoms with van der Waals surface area (Å²) in [6.07, 6.45) is 5.69. The lowest BCUT2D eigenvalue weighted by molar-refractivity contribution is 0.163. The average Bonchev–Trinajstić information content (AvgIpc) is 2.31. The number of thioether (sulfide) groups is 1. The van der Waals surface area contributed by atoms with E-state index in [0.29, 0.717) is 4.75 Å². The lowest BCUT2D eigenvalue weighted by atomic mass is 9.84. The fourth-order valence-corrected chi connectivity index (χ4v) is 4.73. The molecule has 2 rings (SSSR count). The smallest absolute Gasteiger partial charge is 0.0231 e. The number of nitrogens with zero attached hydrogens (tertiary/aromatic N) is 1.